The van der Waals surface area contributed by atoms with Gasteiger partial charge in [-0.05, 0) is 36.4 Å². The monoisotopic (exact) mass is 403 g/mol. The molecule has 3 rings (SSSR count). The van der Waals surface area contributed by atoms with Crippen LogP contribution in [0.3, 0.4) is 0 Å². The molecule has 1 heterocycles. The van der Waals surface area contributed by atoms with Gasteiger partial charge in [-0.3, -0.25) is 9.52 Å². The highest BCUT2D eigenvalue weighted by molar-refractivity contribution is 7.93. The third kappa shape index (κ3) is 5.53. The number of ether oxygens (including phenoxy) is 1. The lowest BCUT2D eigenvalue weighted by Crippen LogP contribution is -2.16. The molecule has 3 aromatic rings. The fourth-order valence-electron chi connectivity index (χ4n) is 2.17. The zero-order valence-corrected chi connectivity index (χ0v) is 15.8. The molecule has 0 bridgehead atoms. The number of rotatable bonds is 8. The summed E-state index contributed by atoms with van der Waals surface area (Å²) in [7, 11) is -3.71. The summed E-state index contributed by atoms with van der Waals surface area (Å²) in [5.41, 5.74) is 0.507. The van der Waals surface area contributed by atoms with Crippen molar-refractivity contribution in [3.05, 3.63) is 66.2 Å². The highest BCUT2D eigenvalue weighted by atomic mass is 32.2. The van der Waals surface area contributed by atoms with E-state index in [2.05, 4.69) is 15.0 Å². The lowest BCUT2D eigenvalue weighted by Gasteiger charge is -2.09. The Labute approximate surface area is 161 Å². The van der Waals surface area contributed by atoms with E-state index in [-0.39, 0.29) is 23.8 Å². The summed E-state index contributed by atoms with van der Waals surface area (Å²) in [6, 6.07) is 15.1. The predicted molar refractivity (Wildman–Crippen MR) is 105 cm³/mol. The molecule has 0 radical (unpaired) electrons. The minimum Gasteiger partial charge on any atom is -0.493 e. The lowest BCUT2D eigenvalue weighted by atomic mass is 10.3. The zero-order chi connectivity index (χ0) is 19.1. The average Bonchev–Trinajstić information content (AvgIpc) is 3.15. The third-order valence-electron chi connectivity index (χ3n) is 3.44. The molecule has 1 amide bonds. The van der Waals surface area contributed by atoms with Crippen LogP contribution in [-0.2, 0) is 14.8 Å². The van der Waals surface area contributed by atoms with Crippen LogP contribution in [0, 0.1) is 0 Å². The summed E-state index contributed by atoms with van der Waals surface area (Å²) in [4.78, 5) is 15.9. The van der Waals surface area contributed by atoms with Gasteiger partial charge in [-0.25, -0.2) is 13.4 Å². The van der Waals surface area contributed by atoms with E-state index in [9.17, 15) is 13.2 Å². The van der Waals surface area contributed by atoms with Gasteiger partial charge in [0, 0.05) is 17.3 Å². The van der Waals surface area contributed by atoms with Gasteiger partial charge in [-0.1, -0.05) is 18.2 Å². The summed E-state index contributed by atoms with van der Waals surface area (Å²) in [5, 5.41) is 4.68. The molecular formula is C18H17N3O4S2. The van der Waals surface area contributed by atoms with Crippen LogP contribution in [0.5, 0.6) is 5.75 Å². The molecule has 9 heteroatoms. The highest BCUT2D eigenvalue weighted by Gasteiger charge is 2.15. The SMILES string of the molecule is O=C(CCOc1ccccc1)Nc1ccc(S(=O)(=O)Nc2nccs2)cc1. The van der Waals surface area contributed by atoms with Gasteiger partial charge in [0.05, 0.1) is 17.9 Å². The lowest BCUT2D eigenvalue weighted by molar-refractivity contribution is -0.116. The minimum atomic E-state index is -3.71. The van der Waals surface area contributed by atoms with E-state index in [4.69, 9.17) is 4.74 Å². The zero-order valence-electron chi connectivity index (χ0n) is 14.2. The molecule has 2 aromatic carbocycles. The van der Waals surface area contributed by atoms with Gasteiger partial charge in [0.2, 0.25) is 5.91 Å². The van der Waals surface area contributed by atoms with Gasteiger partial charge in [0.1, 0.15) is 5.75 Å². The Morgan fingerprint density at radius 2 is 1.81 bits per heavy atom. The van der Waals surface area contributed by atoms with E-state index in [0.717, 1.165) is 0 Å². The number of thiazole rings is 1. The van der Waals surface area contributed by atoms with Crippen LogP contribution >= 0.6 is 11.3 Å². The number of para-hydroxylation sites is 1. The van der Waals surface area contributed by atoms with Crippen LogP contribution in [-0.4, -0.2) is 25.9 Å². The minimum absolute atomic E-state index is 0.0862. The molecule has 0 spiro atoms. The van der Waals surface area contributed by atoms with Crippen molar-refractivity contribution in [3.63, 3.8) is 0 Å². The fourth-order valence-corrected chi connectivity index (χ4v) is 3.96. The molecule has 0 saturated carbocycles. The fraction of sp³-hybridized carbons (Fsp3) is 0.111. The standard InChI is InChI=1S/C18H17N3O4S2/c22-17(10-12-25-15-4-2-1-3-5-15)20-14-6-8-16(9-7-14)27(23,24)21-18-19-11-13-26-18/h1-9,11,13H,10,12H2,(H,19,21)(H,20,22). The second-order valence-electron chi connectivity index (χ2n) is 5.43. The van der Waals surface area contributed by atoms with Crippen molar-refractivity contribution in [2.75, 3.05) is 16.6 Å². The Hall–Kier alpha value is -2.91. The molecule has 0 aliphatic heterocycles. The van der Waals surface area contributed by atoms with Gasteiger partial charge in [-0.2, -0.15) is 0 Å². The summed E-state index contributed by atoms with van der Waals surface area (Å²) in [6.45, 7) is 0.250. The molecule has 0 atom stereocenters. The number of hydrogen-bond acceptors (Lipinski definition) is 6. The van der Waals surface area contributed by atoms with E-state index in [1.54, 1.807) is 5.38 Å². The molecule has 2 N–H and O–H groups in total. The number of hydrogen-bond donors (Lipinski definition) is 2. The summed E-state index contributed by atoms with van der Waals surface area (Å²) in [5.74, 6) is 0.482. The number of nitrogens with zero attached hydrogens (tertiary/aromatic N) is 1. The molecule has 0 saturated heterocycles. The van der Waals surface area contributed by atoms with E-state index >= 15 is 0 Å². The maximum atomic E-state index is 12.3. The van der Waals surface area contributed by atoms with E-state index in [1.807, 2.05) is 30.3 Å². The van der Waals surface area contributed by atoms with E-state index in [1.165, 1.54) is 41.8 Å². The quantitative estimate of drug-likeness (QED) is 0.601. The topological polar surface area (TPSA) is 97.4 Å². The number of nitrogens with one attached hydrogen (secondary N) is 2. The van der Waals surface area contributed by atoms with Crippen molar-refractivity contribution in [1.29, 1.82) is 0 Å². The molecule has 0 fully saturated rings. The number of carbonyl (C=O) groups excluding carboxylic acids is 1. The van der Waals surface area contributed by atoms with Crippen molar-refractivity contribution < 1.29 is 17.9 Å². The first-order valence-corrected chi connectivity index (χ1v) is 10.4. The Morgan fingerprint density at radius 3 is 2.48 bits per heavy atom. The molecule has 0 aliphatic rings. The number of benzene rings is 2. The smallest absolute Gasteiger partial charge is 0.263 e. The average molecular weight is 403 g/mol. The predicted octanol–water partition coefficient (Wildman–Crippen LogP) is 3.35. The molecule has 0 aliphatic carbocycles. The number of sulfonamides is 1. The normalized spacial score (nSPS) is 11.0. The number of amides is 1. The van der Waals surface area contributed by atoms with Gasteiger partial charge in [0.25, 0.3) is 10.0 Å². The Kier molecular flexibility index (Phi) is 6.05. The van der Waals surface area contributed by atoms with Gasteiger partial charge in [-0.15, -0.1) is 11.3 Å². The maximum absolute atomic E-state index is 12.3. The van der Waals surface area contributed by atoms with Crippen LogP contribution in [0.25, 0.3) is 0 Å². The highest BCUT2D eigenvalue weighted by Crippen LogP contribution is 2.19. The van der Waals surface area contributed by atoms with Gasteiger partial charge >= 0.3 is 0 Å². The Bertz CT molecular complexity index is 973. The van der Waals surface area contributed by atoms with Crippen molar-refractivity contribution in [1.82, 2.24) is 4.98 Å². The number of anilines is 2. The first kappa shape index (κ1) is 18.9. The van der Waals surface area contributed by atoms with Crippen LogP contribution in [0.4, 0.5) is 10.8 Å². The van der Waals surface area contributed by atoms with Crippen molar-refractivity contribution in [3.8, 4) is 5.75 Å². The first-order valence-electron chi connectivity index (χ1n) is 8.03. The molecule has 27 heavy (non-hydrogen) atoms. The van der Waals surface area contributed by atoms with Gasteiger partial charge in [0.15, 0.2) is 5.13 Å². The van der Waals surface area contributed by atoms with Gasteiger partial charge < -0.3 is 10.1 Å². The Balaban J connectivity index is 1.51. The van der Waals surface area contributed by atoms with Crippen LogP contribution in [0.15, 0.2) is 71.1 Å². The largest absolute Gasteiger partial charge is 0.493 e. The Morgan fingerprint density at radius 1 is 1.07 bits per heavy atom. The molecule has 7 nitrogen and oxygen atoms in total. The molecular weight excluding hydrogens is 386 g/mol. The van der Waals surface area contributed by atoms with E-state index < -0.39 is 10.0 Å². The summed E-state index contributed by atoms with van der Waals surface area (Å²) < 4.78 is 32.4. The number of aromatic nitrogens is 1. The van der Waals surface area contributed by atoms with Crippen LogP contribution in [0.2, 0.25) is 0 Å². The summed E-state index contributed by atoms with van der Waals surface area (Å²) in [6.07, 6.45) is 1.70. The number of carbonyl (C=O) groups is 1. The van der Waals surface area contributed by atoms with Crippen LogP contribution in [0.1, 0.15) is 6.42 Å². The third-order valence-corrected chi connectivity index (χ3v) is 5.62. The maximum Gasteiger partial charge on any atom is 0.263 e. The second kappa shape index (κ2) is 8.65. The van der Waals surface area contributed by atoms with Crippen molar-refractivity contribution in [2.45, 2.75) is 11.3 Å². The molecule has 1 aromatic heterocycles. The van der Waals surface area contributed by atoms with Crippen molar-refractivity contribution in [2.24, 2.45) is 0 Å². The first-order chi connectivity index (χ1) is 13.0. The molecule has 0 unspecified atom stereocenters. The van der Waals surface area contributed by atoms with E-state index in [0.29, 0.717) is 16.6 Å². The van der Waals surface area contributed by atoms with Crippen LogP contribution < -0.4 is 14.8 Å². The molecule has 140 valence electrons. The van der Waals surface area contributed by atoms with Crippen molar-refractivity contribution >= 4 is 38.1 Å². The summed E-state index contributed by atoms with van der Waals surface area (Å²) >= 11 is 1.19. The second-order valence-corrected chi connectivity index (χ2v) is 8.00.